The van der Waals surface area contributed by atoms with E-state index in [1.54, 1.807) is 31.4 Å². The lowest BCUT2D eigenvalue weighted by Gasteiger charge is -2.34. The van der Waals surface area contributed by atoms with Crippen molar-refractivity contribution in [2.24, 2.45) is 40.7 Å². The van der Waals surface area contributed by atoms with E-state index in [4.69, 9.17) is 19.0 Å². The van der Waals surface area contributed by atoms with E-state index in [9.17, 15) is 20.1 Å². The highest BCUT2D eigenvalue weighted by atomic mass is 16.6. The number of nitrogens with zero attached hydrogens (tertiary/aromatic N) is 1. The molecule has 0 bridgehead atoms. The Hall–Kier alpha value is -3.76. The van der Waals surface area contributed by atoms with Crippen molar-refractivity contribution in [1.29, 1.82) is 0 Å². The second kappa shape index (κ2) is 24.7. The molecule has 0 spiro atoms. The van der Waals surface area contributed by atoms with Gasteiger partial charge in [0.2, 0.25) is 5.76 Å². The van der Waals surface area contributed by atoms with Crippen LogP contribution in [0, 0.1) is 35.5 Å². The third-order valence-corrected chi connectivity index (χ3v) is 10.5. The molecule has 0 fully saturated rings. The zero-order valence-electron chi connectivity index (χ0n) is 35.1. The van der Waals surface area contributed by atoms with Crippen molar-refractivity contribution in [2.45, 2.75) is 119 Å². The maximum absolute atomic E-state index is 13.8. The van der Waals surface area contributed by atoms with Crippen molar-refractivity contribution in [1.82, 2.24) is 0 Å². The van der Waals surface area contributed by atoms with E-state index in [0.717, 1.165) is 30.4 Å². The highest BCUT2D eigenvalue weighted by Gasteiger charge is 2.38. The molecule has 1 aliphatic rings. The van der Waals surface area contributed by atoms with Crippen molar-refractivity contribution in [3.8, 4) is 0 Å². The molecule has 0 saturated heterocycles. The number of oxime groups is 1. The van der Waals surface area contributed by atoms with Crippen LogP contribution in [0.3, 0.4) is 0 Å². The number of methoxy groups -OCH3 is 2. The number of hydrogen-bond donors (Lipinski definition) is 3. The van der Waals surface area contributed by atoms with E-state index < -0.39 is 48.3 Å². The summed E-state index contributed by atoms with van der Waals surface area (Å²) in [6.45, 7) is 17.9. The molecular formula is C46H69NO8. The van der Waals surface area contributed by atoms with Crippen LogP contribution >= 0.6 is 0 Å². The lowest BCUT2D eigenvalue weighted by molar-refractivity contribution is -0.161. The van der Waals surface area contributed by atoms with Gasteiger partial charge in [0.1, 0.15) is 18.8 Å². The summed E-state index contributed by atoms with van der Waals surface area (Å²) >= 11 is 0. The van der Waals surface area contributed by atoms with Crippen molar-refractivity contribution in [3.63, 3.8) is 0 Å². The summed E-state index contributed by atoms with van der Waals surface area (Å²) < 4.78 is 17.7. The predicted molar refractivity (Wildman–Crippen MR) is 222 cm³/mol. The van der Waals surface area contributed by atoms with Gasteiger partial charge in [-0.05, 0) is 63.2 Å². The van der Waals surface area contributed by atoms with Gasteiger partial charge in [0, 0.05) is 30.8 Å². The number of hydrogen-bond acceptors (Lipinski definition) is 9. The first kappa shape index (κ1) is 47.4. The van der Waals surface area contributed by atoms with Crippen molar-refractivity contribution < 1.29 is 39.2 Å². The van der Waals surface area contributed by atoms with E-state index in [1.165, 1.54) is 12.7 Å². The smallest absolute Gasteiger partial charge is 0.373 e. The quantitative estimate of drug-likeness (QED) is 0.0744. The molecule has 306 valence electrons. The monoisotopic (exact) mass is 764 g/mol. The molecule has 0 amide bonds. The molecule has 0 aromatic heterocycles. The topological polar surface area (TPSA) is 127 Å². The molecule has 55 heavy (non-hydrogen) atoms. The number of allylic oxidation sites excluding steroid dienone is 7. The van der Waals surface area contributed by atoms with Crippen molar-refractivity contribution in [2.75, 3.05) is 14.2 Å². The average molecular weight is 764 g/mol. The number of esters is 1. The summed E-state index contributed by atoms with van der Waals surface area (Å²) in [4.78, 5) is 19.6. The minimum absolute atomic E-state index is 0.0142. The standard InChI is InChI=1S/C46H69NO8/c1-12-18-40(48)33(6)23-24-39(47-54-29-37-20-15-14-16-21-37)35(8)44(50)36(9)45-41(52-10)22-17-19-30(3)25-31(4)27-38(13-2)43(49)34(7)26-32(5)28-42(53-11)46(51)55-45/h12,14-24,26,28,31,33-36,38,40-41,43-45,48-50H,13,25,27,29H2,1-11H3/b18-12+,22-17+,24-23+,30-19+,32-26+,42-28-,47-39+. The largest absolute Gasteiger partial charge is 0.490 e. The molecule has 1 aromatic rings. The van der Waals surface area contributed by atoms with E-state index in [-0.39, 0.29) is 30.1 Å². The van der Waals surface area contributed by atoms with Crippen molar-refractivity contribution in [3.05, 3.63) is 107 Å². The Morgan fingerprint density at radius 1 is 1.07 bits per heavy atom. The molecule has 1 aliphatic heterocycles. The normalized spacial score (nSPS) is 30.3. The second-order valence-corrected chi connectivity index (χ2v) is 15.3. The van der Waals surface area contributed by atoms with E-state index in [2.05, 4.69) is 25.9 Å². The van der Waals surface area contributed by atoms with Crippen LogP contribution in [0.1, 0.15) is 87.1 Å². The maximum Gasteiger partial charge on any atom is 0.373 e. The average Bonchev–Trinajstić information content (AvgIpc) is 3.16. The Morgan fingerprint density at radius 2 is 1.76 bits per heavy atom. The van der Waals surface area contributed by atoms with Crippen molar-refractivity contribution >= 4 is 11.7 Å². The van der Waals surface area contributed by atoms with Gasteiger partial charge in [-0.1, -0.05) is 137 Å². The number of rotatable bonds is 14. The molecule has 0 saturated carbocycles. The molecule has 0 radical (unpaired) electrons. The number of aliphatic hydroxyl groups is 3. The van der Waals surface area contributed by atoms with Gasteiger partial charge in [-0.25, -0.2) is 4.79 Å². The highest BCUT2D eigenvalue weighted by Crippen LogP contribution is 2.30. The summed E-state index contributed by atoms with van der Waals surface area (Å²) in [6.07, 6.45) is 15.1. The van der Waals surface area contributed by atoms with Gasteiger partial charge in [-0.3, -0.25) is 0 Å². The van der Waals surface area contributed by atoms with Crippen LogP contribution in [0.15, 0.2) is 107 Å². The van der Waals surface area contributed by atoms with Gasteiger partial charge >= 0.3 is 5.97 Å². The van der Waals surface area contributed by atoms with E-state index >= 15 is 0 Å². The van der Waals surface area contributed by atoms with Crippen LogP contribution in [0.5, 0.6) is 0 Å². The van der Waals surface area contributed by atoms with Crippen LogP contribution in [-0.2, 0) is 30.4 Å². The first-order valence-corrected chi connectivity index (χ1v) is 19.8. The minimum atomic E-state index is -1.08. The molecule has 3 N–H and O–H groups in total. The number of cyclic esters (lactones) is 1. The molecule has 1 heterocycles. The number of ether oxygens (including phenoxy) is 3. The molecule has 0 aliphatic carbocycles. The van der Waals surface area contributed by atoms with Gasteiger partial charge in [0.15, 0.2) is 0 Å². The Kier molecular flexibility index (Phi) is 21.3. The van der Waals surface area contributed by atoms with Gasteiger partial charge in [-0.2, -0.15) is 0 Å². The molecule has 11 unspecified atom stereocenters. The van der Waals surface area contributed by atoms with Crippen LogP contribution in [0.4, 0.5) is 0 Å². The van der Waals surface area contributed by atoms with E-state index in [0.29, 0.717) is 11.6 Å². The number of aliphatic hydroxyl groups excluding tert-OH is 3. The third kappa shape index (κ3) is 15.7. The SMILES string of the molecule is C/C=C/C(O)C(C)/C=C/C(=N\OCc1ccccc1)C(C)C(O)C(C)C1OC(=O)/C(OC)=C/C(C)=C/C(C)C(O)C(CC)CC(C)C/C(C)=C/C=C/C1OC. The number of benzene rings is 1. The summed E-state index contributed by atoms with van der Waals surface area (Å²) in [7, 11) is 2.96. The maximum atomic E-state index is 13.8. The zero-order chi connectivity index (χ0) is 41.1. The second-order valence-electron chi connectivity index (χ2n) is 15.3. The van der Waals surface area contributed by atoms with Crippen LogP contribution in [0.25, 0.3) is 0 Å². The number of carbonyl (C=O) groups excluding carboxylic acids is 1. The summed E-state index contributed by atoms with van der Waals surface area (Å²) in [6, 6.07) is 9.66. The Balaban J connectivity index is 2.59. The molecular weight excluding hydrogens is 695 g/mol. The predicted octanol–water partition coefficient (Wildman–Crippen LogP) is 8.68. The highest BCUT2D eigenvalue weighted by molar-refractivity contribution is 5.96. The van der Waals surface area contributed by atoms with E-state index in [1.807, 2.05) is 102 Å². The Morgan fingerprint density at radius 3 is 2.38 bits per heavy atom. The zero-order valence-corrected chi connectivity index (χ0v) is 35.1. The van der Waals surface area contributed by atoms with Crippen LogP contribution in [-0.4, -0.2) is 71.7 Å². The number of carbonyl (C=O) groups is 1. The fourth-order valence-electron chi connectivity index (χ4n) is 7.05. The minimum Gasteiger partial charge on any atom is -0.490 e. The fraction of sp³-hybridized carbons (Fsp3) is 0.565. The first-order valence-electron chi connectivity index (χ1n) is 19.8. The summed E-state index contributed by atoms with van der Waals surface area (Å²) in [5.74, 6) is -1.88. The first-order chi connectivity index (χ1) is 26.2. The fourth-order valence-corrected chi connectivity index (χ4v) is 7.05. The lowest BCUT2D eigenvalue weighted by Crippen LogP contribution is -2.45. The third-order valence-electron chi connectivity index (χ3n) is 10.5. The molecule has 11 atom stereocenters. The van der Waals surface area contributed by atoms with Gasteiger partial charge in [0.25, 0.3) is 0 Å². The van der Waals surface area contributed by atoms with Gasteiger partial charge < -0.3 is 34.4 Å². The Bertz CT molecular complexity index is 1510. The molecule has 9 nitrogen and oxygen atoms in total. The van der Waals surface area contributed by atoms with Gasteiger partial charge in [-0.15, -0.1) is 0 Å². The molecule has 9 heteroatoms. The Labute approximate surface area is 331 Å². The summed E-state index contributed by atoms with van der Waals surface area (Å²) in [5.41, 5.74) is 3.32. The molecule has 1 aromatic carbocycles. The summed E-state index contributed by atoms with van der Waals surface area (Å²) in [5, 5.41) is 38.3. The van der Waals surface area contributed by atoms with Crippen LogP contribution in [0.2, 0.25) is 0 Å². The molecule has 2 rings (SSSR count). The lowest BCUT2D eigenvalue weighted by atomic mass is 9.81. The van der Waals surface area contributed by atoms with Gasteiger partial charge in [0.05, 0.1) is 31.1 Å². The van der Waals surface area contributed by atoms with Crippen LogP contribution < -0.4 is 0 Å².